The van der Waals surface area contributed by atoms with E-state index in [0.717, 1.165) is 63.0 Å². The molecule has 0 unspecified atom stereocenters. The molecule has 1 aliphatic rings. The molecule has 0 spiro atoms. The minimum absolute atomic E-state index is 0. The first-order valence-corrected chi connectivity index (χ1v) is 7.64. The molecule has 1 N–H and O–H groups in total. The summed E-state index contributed by atoms with van der Waals surface area (Å²) in [4.78, 5) is 2.42. The Morgan fingerprint density at radius 1 is 1.27 bits per heavy atom. The maximum atomic E-state index is 5.71. The van der Waals surface area contributed by atoms with Gasteiger partial charge in [-0.3, -0.25) is 4.90 Å². The molecule has 22 heavy (non-hydrogen) atoms. The standard InChI is InChI=1S/C16H26N2O3.ClH/c1-3-21-16-14(5-4-6-15(16)19-2)13-17-7-8-18-9-11-20-12-10-18;/h4-6,17H,3,7-13H2,1-2H3;1H. The van der Waals surface area contributed by atoms with Crippen LogP contribution in [0.25, 0.3) is 0 Å². The number of methoxy groups -OCH3 is 1. The molecule has 1 aromatic rings. The molecule has 0 aromatic heterocycles. The van der Waals surface area contributed by atoms with E-state index in [0.29, 0.717) is 6.61 Å². The number of nitrogens with zero attached hydrogens (tertiary/aromatic N) is 1. The van der Waals surface area contributed by atoms with E-state index in [9.17, 15) is 0 Å². The van der Waals surface area contributed by atoms with Crippen molar-refractivity contribution in [1.82, 2.24) is 10.2 Å². The van der Waals surface area contributed by atoms with Gasteiger partial charge in [-0.2, -0.15) is 0 Å². The number of hydrogen-bond acceptors (Lipinski definition) is 5. The van der Waals surface area contributed by atoms with Crippen molar-refractivity contribution in [3.8, 4) is 11.5 Å². The lowest BCUT2D eigenvalue weighted by Gasteiger charge is -2.26. The van der Waals surface area contributed by atoms with Crippen molar-refractivity contribution >= 4 is 12.4 Å². The fourth-order valence-corrected chi connectivity index (χ4v) is 2.45. The fraction of sp³-hybridized carbons (Fsp3) is 0.625. The lowest BCUT2D eigenvalue weighted by Crippen LogP contribution is -2.40. The van der Waals surface area contributed by atoms with E-state index in [4.69, 9.17) is 14.2 Å². The van der Waals surface area contributed by atoms with Crippen LogP contribution in [0.15, 0.2) is 18.2 Å². The van der Waals surface area contributed by atoms with Crippen molar-refractivity contribution in [2.24, 2.45) is 0 Å². The van der Waals surface area contributed by atoms with Crippen LogP contribution in [0.3, 0.4) is 0 Å². The van der Waals surface area contributed by atoms with Crippen molar-refractivity contribution in [2.45, 2.75) is 13.5 Å². The lowest BCUT2D eigenvalue weighted by atomic mass is 10.2. The van der Waals surface area contributed by atoms with Gasteiger partial charge in [-0.25, -0.2) is 0 Å². The van der Waals surface area contributed by atoms with Gasteiger partial charge < -0.3 is 19.5 Å². The Kier molecular flexibility index (Phi) is 9.24. The molecular formula is C16H27ClN2O3. The summed E-state index contributed by atoms with van der Waals surface area (Å²) in [5, 5.41) is 3.48. The summed E-state index contributed by atoms with van der Waals surface area (Å²) >= 11 is 0. The molecule has 0 aliphatic carbocycles. The van der Waals surface area contributed by atoms with E-state index < -0.39 is 0 Å². The van der Waals surface area contributed by atoms with Crippen LogP contribution >= 0.6 is 12.4 Å². The monoisotopic (exact) mass is 330 g/mol. The predicted octanol–water partition coefficient (Wildman–Crippen LogP) is 1.94. The number of morpholine rings is 1. The highest BCUT2D eigenvalue weighted by Crippen LogP contribution is 2.30. The summed E-state index contributed by atoms with van der Waals surface area (Å²) in [5.41, 5.74) is 1.14. The van der Waals surface area contributed by atoms with Crippen LogP contribution < -0.4 is 14.8 Å². The van der Waals surface area contributed by atoms with Crippen molar-refractivity contribution in [3.05, 3.63) is 23.8 Å². The van der Waals surface area contributed by atoms with Crippen molar-refractivity contribution in [3.63, 3.8) is 0 Å². The van der Waals surface area contributed by atoms with Gasteiger partial charge in [-0.1, -0.05) is 12.1 Å². The van der Waals surface area contributed by atoms with E-state index in [2.05, 4.69) is 16.3 Å². The summed E-state index contributed by atoms with van der Waals surface area (Å²) < 4.78 is 16.4. The van der Waals surface area contributed by atoms with Crippen LogP contribution in [-0.4, -0.2) is 58.0 Å². The molecule has 0 bridgehead atoms. The van der Waals surface area contributed by atoms with E-state index in [1.807, 2.05) is 19.1 Å². The van der Waals surface area contributed by atoms with Gasteiger partial charge >= 0.3 is 0 Å². The number of rotatable bonds is 8. The molecule has 1 heterocycles. The van der Waals surface area contributed by atoms with Gasteiger partial charge in [0.2, 0.25) is 0 Å². The second-order valence-electron chi connectivity index (χ2n) is 5.01. The first-order valence-electron chi connectivity index (χ1n) is 7.64. The first-order chi connectivity index (χ1) is 10.3. The maximum absolute atomic E-state index is 5.71. The van der Waals surface area contributed by atoms with E-state index in [-0.39, 0.29) is 12.4 Å². The molecule has 0 atom stereocenters. The zero-order valence-electron chi connectivity index (χ0n) is 13.5. The van der Waals surface area contributed by atoms with E-state index in [1.165, 1.54) is 0 Å². The molecule has 0 amide bonds. The second kappa shape index (κ2) is 10.7. The Morgan fingerprint density at radius 3 is 2.73 bits per heavy atom. The minimum atomic E-state index is 0. The third kappa shape index (κ3) is 5.65. The first kappa shape index (κ1) is 19.0. The Bertz CT molecular complexity index is 426. The largest absolute Gasteiger partial charge is 0.493 e. The van der Waals surface area contributed by atoms with Gasteiger partial charge in [-0.15, -0.1) is 12.4 Å². The summed E-state index contributed by atoms with van der Waals surface area (Å²) in [6, 6.07) is 6.01. The summed E-state index contributed by atoms with van der Waals surface area (Å²) in [6.45, 7) is 9.20. The molecule has 1 aliphatic heterocycles. The number of hydrogen-bond donors (Lipinski definition) is 1. The normalized spacial score (nSPS) is 15.2. The SMILES string of the molecule is CCOc1c(CNCCN2CCOCC2)cccc1OC.Cl. The van der Waals surface area contributed by atoms with Gasteiger partial charge in [0.15, 0.2) is 11.5 Å². The molecular weight excluding hydrogens is 304 g/mol. The zero-order chi connectivity index (χ0) is 14.9. The van der Waals surface area contributed by atoms with E-state index in [1.54, 1.807) is 7.11 Å². The van der Waals surface area contributed by atoms with Crippen LogP contribution in [0.4, 0.5) is 0 Å². The Balaban J connectivity index is 0.00000242. The van der Waals surface area contributed by atoms with Crippen LogP contribution in [0.1, 0.15) is 12.5 Å². The molecule has 5 nitrogen and oxygen atoms in total. The number of nitrogens with one attached hydrogen (secondary N) is 1. The lowest BCUT2D eigenvalue weighted by molar-refractivity contribution is 0.0384. The molecule has 126 valence electrons. The Hall–Kier alpha value is -1.01. The molecule has 2 rings (SSSR count). The van der Waals surface area contributed by atoms with Crippen LogP contribution in [0.5, 0.6) is 11.5 Å². The van der Waals surface area contributed by atoms with Crippen molar-refractivity contribution in [2.75, 3.05) is 53.1 Å². The number of benzene rings is 1. The third-order valence-electron chi connectivity index (χ3n) is 3.59. The van der Waals surface area contributed by atoms with Crippen molar-refractivity contribution < 1.29 is 14.2 Å². The van der Waals surface area contributed by atoms with Crippen LogP contribution in [-0.2, 0) is 11.3 Å². The van der Waals surface area contributed by atoms with Gasteiger partial charge in [0.05, 0.1) is 26.9 Å². The van der Waals surface area contributed by atoms with Crippen LogP contribution in [0, 0.1) is 0 Å². The topological polar surface area (TPSA) is 43.0 Å². The highest BCUT2D eigenvalue weighted by molar-refractivity contribution is 5.85. The Morgan fingerprint density at radius 2 is 2.05 bits per heavy atom. The van der Waals surface area contributed by atoms with Gasteiger partial charge in [0.1, 0.15) is 0 Å². The van der Waals surface area contributed by atoms with E-state index >= 15 is 0 Å². The van der Waals surface area contributed by atoms with Gasteiger partial charge in [-0.05, 0) is 13.0 Å². The number of halogens is 1. The molecule has 1 saturated heterocycles. The predicted molar refractivity (Wildman–Crippen MR) is 90.4 cm³/mol. The minimum Gasteiger partial charge on any atom is -0.493 e. The smallest absolute Gasteiger partial charge is 0.165 e. The summed E-state index contributed by atoms with van der Waals surface area (Å²) in [5.74, 6) is 1.64. The molecule has 0 radical (unpaired) electrons. The molecule has 6 heteroatoms. The molecule has 0 saturated carbocycles. The molecule has 1 fully saturated rings. The van der Waals surface area contributed by atoms with Crippen LogP contribution in [0.2, 0.25) is 0 Å². The number of para-hydroxylation sites is 1. The second-order valence-corrected chi connectivity index (χ2v) is 5.01. The fourth-order valence-electron chi connectivity index (χ4n) is 2.45. The average Bonchev–Trinajstić information content (AvgIpc) is 2.54. The molecule has 1 aromatic carbocycles. The summed E-state index contributed by atoms with van der Waals surface area (Å²) in [6.07, 6.45) is 0. The third-order valence-corrected chi connectivity index (χ3v) is 3.59. The quantitative estimate of drug-likeness (QED) is 0.738. The zero-order valence-corrected chi connectivity index (χ0v) is 14.3. The van der Waals surface area contributed by atoms with Gasteiger partial charge in [0, 0.05) is 38.3 Å². The van der Waals surface area contributed by atoms with Gasteiger partial charge in [0.25, 0.3) is 0 Å². The Labute approximate surface area is 139 Å². The summed E-state index contributed by atoms with van der Waals surface area (Å²) in [7, 11) is 1.67. The van der Waals surface area contributed by atoms with Crippen molar-refractivity contribution in [1.29, 1.82) is 0 Å². The highest BCUT2D eigenvalue weighted by Gasteiger charge is 2.11. The maximum Gasteiger partial charge on any atom is 0.165 e. The number of ether oxygens (including phenoxy) is 3. The average molecular weight is 331 g/mol. The highest BCUT2D eigenvalue weighted by atomic mass is 35.5.